The number of fused-ring (bicyclic) bond motifs is 4. The Hall–Kier alpha value is -8.14. The number of nitrogens with one attached hydrogen (secondary N) is 3. The lowest BCUT2D eigenvalue weighted by Gasteiger charge is -2.34. The Morgan fingerprint density at radius 2 is 1.05 bits per heavy atom. The Kier molecular flexibility index (Phi) is 16.8. The zero-order chi connectivity index (χ0) is 55.8. The van der Waals surface area contributed by atoms with Crippen molar-refractivity contribution in [3.05, 3.63) is 144 Å². The number of nitrogens with zero attached hydrogens (tertiary/aromatic N) is 8. The summed E-state index contributed by atoms with van der Waals surface area (Å²) in [5.74, 6) is 3.46. The van der Waals surface area contributed by atoms with Gasteiger partial charge in [0.15, 0.2) is 0 Å². The van der Waals surface area contributed by atoms with Crippen LogP contribution in [0.3, 0.4) is 0 Å². The van der Waals surface area contributed by atoms with Crippen LogP contribution in [-0.2, 0) is 22.4 Å². The van der Waals surface area contributed by atoms with Gasteiger partial charge < -0.3 is 44.4 Å². The summed E-state index contributed by atoms with van der Waals surface area (Å²) < 4.78 is 12.2. The van der Waals surface area contributed by atoms with Crippen LogP contribution >= 0.6 is 0 Å². The predicted molar refractivity (Wildman–Crippen MR) is 330 cm³/mol. The van der Waals surface area contributed by atoms with Gasteiger partial charge >= 0.3 is 0 Å². The third-order valence-electron chi connectivity index (χ3n) is 16.6. The first kappa shape index (κ1) is 54.4. The third kappa shape index (κ3) is 13.3. The van der Waals surface area contributed by atoms with Crippen molar-refractivity contribution in [1.82, 2.24) is 35.1 Å². The normalized spacial score (nSPS) is 15.4. The molecule has 4 aliphatic rings. The molecule has 6 aromatic carbocycles. The van der Waals surface area contributed by atoms with Crippen molar-refractivity contribution < 1.29 is 19.1 Å². The van der Waals surface area contributed by atoms with Crippen LogP contribution in [0.1, 0.15) is 86.5 Å². The standard InChI is InChI=1S/C67H75N11O4/c1-75-28-32-77(33-29-75)52-22-19-48-41-60(70-62(48)44-52)47-20-24-57-51(38-47)43-61(69-57)46-12-8-16-55(39-46)81-36-10-15-54(79)14-6-4-3-5-7-27-68-65(80)18-11-37-82-56-17-9-13-49(40-56)66-71-58-25-21-50(42-63(58)73-66)67-72-59-26-23-53(45-64(59)74-67)78-34-30-76(2)31-35-78/h8-9,12-13,16-17,19-26,38-40,42,44-45H,3-7,10-11,14-15,18,27-37,41,43H2,1-2H3,(H,68,80)(H,71,73)(H,72,74). The Labute approximate surface area is 480 Å². The zero-order valence-electron chi connectivity index (χ0n) is 47.5. The summed E-state index contributed by atoms with van der Waals surface area (Å²) in [6.45, 7) is 10.0. The monoisotopic (exact) mass is 1100 g/mol. The molecule has 2 saturated heterocycles. The quantitative estimate of drug-likeness (QED) is 0.0497. The lowest BCUT2D eigenvalue weighted by atomic mass is 9.99. The number of amides is 1. The number of piperazine rings is 2. The largest absolute Gasteiger partial charge is 0.494 e. The number of unbranched alkanes of at least 4 members (excludes halogenated alkanes) is 4. The number of carbonyl (C=O) groups excluding carboxylic acids is 2. The van der Waals surface area contributed by atoms with Crippen LogP contribution in [0.4, 0.5) is 22.7 Å². The van der Waals surface area contributed by atoms with Crippen LogP contribution in [0.25, 0.3) is 44.8 Å². The molecule has 8 aromatic rings. The highest BCUT2D eigenvalue weighted by Crippen LogP contribution is 2.37. The van der Waals surface area contributed by atoms with Gasteiger partial charge in [0.25, 0.3) is 0 Å². The van der Waals surface area contributed by atoms with Gasteiger partial charge in [-0.05, 0) is 147 Å². The lowest BCUT2D eigenvalue weighted by Crippen LogP contribution is -2.44. The van der Waals surface area contributed by atoms with E-state index in [1.807, 2.05) is 42.5 Å². The first-order chi connectivity index (χ1) is 40.2. The summed E-state index contributed by atoms with van der Waals surface area (Å²) in [5, 5.41) is 3.06. The second-order valence-electron chi connectivity index (χ2n) is 22.7. The Morgan fingerprint density at radius 1 is 0.500 bits per heavy atom. The summed E-state index contributed by atoms with van der Waals surface area (Å²) in [7, 11) is 4.36. The van der Waals surface area contributed by atoms with Gasteiger partial charge in [0.05, 0.1) is 58.1 Å². The van der Waals surface area contributed by atoms with Crippen LogP contribution in [0.15, 0.2) is 131 Å². The molecule has 1 amide bonds. The molecule has 4 aliphatic heterocycles. The van der Waals surface area contributed by atoms with Crippen molar-refractivity contribution in [2.75, 3.05) is 96.0 Å². The summed E-state index contributed by atoms with van der Waals surface area (Å²) in [4.78, 5) is 61.9. The molecule has 3 N–H and O–H groups in total. The number of hydrogen-bond acceptors (Lipinski definition) is 12. The molecule has 15 heteroatoms. The molecule has 0 bridgehead atoms. The SMILES string of the molecule is CN1CCN(c2ccc3c(c2)N=C(c2ccc4c(c2)CC(c2cccc(OCCCC(=O)CCCCCCCNC(=O)CCCOc5cccc(-c6nc7ccc(-c8nc9ccc(N%10CCN(C)CC%10)cc9[nH]8)cc7[nH]6)c5)c2)=N4)C3)CC1. The molecule has 6 heterocycles. The van der Waals surface area contributed by atoms with E-state index < -0.39 is 0 Å². The molecule has 2 aromatic heterocycles. The first-order valence-corrected chi connectivity index (χ1v) is 29.7. The number of ketones is 1. The number of benzene rings is 6. The maximum absolute atomic E-state index is 12.7. The highest BCUT2D eigenvalue weighted by molar-refractivity contribution is 6.10. The number of H-pyrrole nitrogens is 2. The molecule has 15 nitrogen and oxygen atoms in total. The molecule has 0 spiro atoms. The molecule has 422 valence electrons. The van der Waals surface area contributed by atoms with Crippen molar-refractivity contribution in [2.24, 2.45) is 9.98 Å². The van der Waals surface area contributed by atoms with Crippen LogP contribution in [-0.4, -0.2) is 139 Å². The highest BCUT2D eigenvalue weighted by Gasteiger charge is 2.24. The van der Waals surface area contributed by atoms with Gasteiger partial charge in [-0.1, -0.05) is 55.7 Å². The van der Waals surface area contributed by atoms with Gasteiger partial charge in [-0.25, -0.2) is 9.97 Å². The van der Waals surface area contributed by atoms with Crippen molar-refractivity contribution in [2.45, 2.75) is 77.0 Å². The predicted octanol–water partition coefficient (Wildman–Crippen LogP) is 11.7. The van der Waals surface area contributed by atoms with Gasteiger partial charge in [0, 0.05) is 114 Å². The fourth-order valence-electron chi connectivity index (χ4n) is 11.6. The van der Waals surface area contributed by atoms with E-state index in [-0.39, 0.29) is 11.7 Å². The molecule has 0 atom stereocenters. The fraction of sp³-hybridized carbons (Fsp3) is 0.373. The van der Waals surface area contributed by atoms with E-state index in [2.05, 4.69) is 128 Å². The number of likely N-dealkylation sites (N-methyl/N-ethyl adjacent to an activating group) is 2. The minimum atomic E-state index is 0.0418. The average Bonchev–Trinajstić information content (AvgIpc) is 4.54. The highest BCUT2D eigenvalue weighted by atomic mass is 16.5. The number of aromatic amines is 2. The second-order valence-corrected chi connectivity index (χ2v) is 22.7. The van der Waals surface area contributed by atoms with Crippen molar-refractivity contribution in [3.63, 3.8) is 0 Å². The zero-order valence-corrected chi connectivity index (χ0v) is 47.5. The van der Waals surface area contributed by atoms with E-state index in [9.17, 15) is 9.59 Å². The van der Waals surface area contributed by atoms with E-state index in [0.717, 1.165) is 182 Å². The van der Waals surface area contributed by atoms with Crippen molar-refractivity contribution >= 4 is 67.9 Å². The van der Waals surface area contributed by atoms with Crippen molar-refractivity contribution in [3.8, 4) is 34.3 Å². The van der Waals surface area contributed by atoms with Gasteiger partial charge in [0.1, 0.15) is 28.9 Å². The number of carbonyl (C=O) groups is 2. The number of imidazole rings is 2. The maximum Gasteiger partial charge on any atom is 0.220 e. The molecule has 0 radical (unpaired) electrons. The molecule has 12 rings (SSSR count). The van der Waals surface area contributed by atoms with E-state index in [1.54, 1.807) is 0 Å². The molecule has 0 aliphatic carbocycles. The lowest BCUT2D eigenvalue weighted by molar-refractivity contribution is -0.121. The molecular formula is C67H75N11O4. The van der Waals surface area contributed by atoms with Crippen LogP contribution in [0.5, 0.6) is 11.5 Å². The number of rotatable bonds is 24. The van der Waals surface area contributed by atoms with Crippen molar-refractivity contribution in [1.29, 1.82) is 0 Å². The smallest absolute Gasteiger partial charge is 0.220 e. The summed E-state index contributed by atoms with van der Waals surface area (Å²) >= 11 is 0. The minimum Gasteiger partial charge on any atom is -0.494 e. The third-order valence-corrected chi connectivity index (χ3v) is 16.6. The van der Waals surface area contributed by atoms with E-state index in [0.29, 0.717) is 51.9 Å². The first-order valence-electron chi connectivity index (χ1n) is 29.7. The number of hydrogen-bond donors (Lipinski definition) is 3. The number of aromatic nitrogens is 4. The summed E-state index contributed by atoms with van der Waals surface area (Å²) in [6.07, 6.45) is 9.36. The fourth-order valence-corrected chi connectivity index (χ4v) is 11.6. The van der Waals surface area contributed by atoms with Gasteiger partial charge in [-0.15, -0.1) is 0 Å². The molecule has 0 unspecified atom stereocenters. The average molecular weight is 1100 g/mol. The van der Waals surface area contributed by atoms with E-state index in [4.69, 9.17) is 29.4 Å². The van der Waals surface area contributed by atoms with Gasteiger partial charge in [-0.2, -0.15) is 0 Å². The summed E-state index contributed by atoms with van der Waals surface area (Å²) in [6, 6.07) is 42.1. The Balaban J connectivity index is 0.498. The van der Waals surface area contributed by atoms with Crippen LogP contribution in [0.2, 0.25) is 0 Å². The van der Waals surface area contributed by atoms with Gasteiger partial charge in [-0.3, -0.25) is 19.6 Å². The Bertz CT molecular complexity index is 3640. The number of anilines is 2. The number of ether oxygens (including phenoxy) is 2. The molecule has 2 fully saturated rings. The number of aliphatic imine (C=N–C) groups is 2. The number of Topliss-reactive ketones (excluding diaryl/α,β-unsaturated/α-hetero) is 1. The maximum atomic E-state index is 12.7. The molecular weight excluding hydrogens is 1020 g/mol. The Morgan fingerprint density at radius 3 is 1.78 bits per heavy atom. The topological polar surface area (TPSA) is 160 Å². The second kappa shape index (κ2) is 25.3. The van der Waals surface area contributed by atoms with Crippen LogP contribution in [0, 0.1) is 0 Å². The van der Waals surface area contributed by atoms with Gasteiger partial charge in [0.2, 0.25) is 5.91 Å². The van der Waals surface area contributed by atoms with E-state index in [1.165, 1.54) is 28.1 Å². The minimum absolute atomic E-state index is 0.0418. The van der Waals surface area contributed by atoms with Crippen LogP contribution < -0.4 is 24.6 Å². The van der Waals surface area contributed by atoms with E-state index >= 15 is 0 Å². The molecule has 82 heavy (non-hydrogen) atoms. The molecule has 0 saturated carbocycles. The summed E-state index contributed by atoms with van der Waals surface area (Å²) in [5.41, 5.74) is 17.2.